The average Bonchev–Trinajstić information content (AvgIpc) is 3.39. The van der Waals surface area contributed by atoms with Gasteiger partial charge in [-0.2, -0.15) is 0 Å². The highest BCUT2D eigenvalue weighted by Gasteiger charge is 2.31. The Bertz CT molecular complexity index is 822. The van der Waals surface area contributed by atoms with Gasteiger partial charge in [0, 0.05) is 24.3 Å². The normalized spacial score (nSPS) is 21.8. The average molecular weight is 380 g/mol. The summed E-state index contributed by atoms with van der Waals surface area (Å²) in [6, 6.07) is 10.0. The van der Waals surface area contributed by atoms with Crippen molar-refractivity contribution < 1.29 is 14.1 Å². The number of hydrogen-bond acceptors (Lipinski definition) is 4. The molecule has 0 spiro atoms. The number of ether oxygens (including phenoxy) is 1. The van der Waals surface area contributed by atoms with Crippen LogP contribution in [-0.4, -0.2) is 35.7 Å². The van der Waals surface area contributed by atoms with Gasteiger partial charge in [0.1, 0.15) is 11.5 Å². The molecule has 1 amide bonds. The highest BCUT2D eigenvalue weighted by molar-refractivity contribution is 5.79. The Morgan fingerprint density at radius 3 is 2.79 bits per heavy atom. The quantitative estimate of drug-likeness (QED) is 0.698. The van der Waals surface area contributed by atoms with Crippen LogP contribution in [0.2, 0.25) is 0 Å². The number of rotatable bonds is 6. The molecule has 0 bridgehead atoms. The third-order valence-electron chi connectivity index (χ3n) is 5.83. The summed E-state index contributed by atoms with van der Waals surface area (Å²) in [5.41, 5.74) is 2.86. The summed E-state index contributed by atoms with van der Waals surface area (Å²) in [6.45, 7) is 4.46. The van der Waals surface area contributed by atoms with Crippen LogP contribution in [0, 0.1) is 18.8 Å². The second-order valence-electron chi connectivity index (χ2n) is 7.86. The van der Waals surface area contributed by atoms with Crippen LogP contribution in [-0.2, 0) is 16.1 Å². The lowest BCUT2D eigenvalue weighted by Gasteiger charge is -2.30. The van der Waals surface area contributed by atoms with E-state index in [1.807, 2.05) is 42.2 Å². The molecule has 5 heteroatoms. The minimum atomic E-state index is -0.0283. The van der Waals surface area contributed by atoms with Gasteiger partial charge in [-0.25, -0.2) is 0 Å². The van der Waals surface area contributed by atoms with Gasteiger partial charge in [-0.1, -0.05) is 47.6 Å². The van der Waals surface area contributed by atoms with E-state index in [1.54, 1.807) is 0 Å². The standard InChI is InChI=1S/C23H28N2O3/c1-17-21(22(24-28-17)19-10-6-3-7-11-19)15-25(14-18-8-4-2-5-9-18)23(26)20-12-13-27-16-20/h2-4,6-7,10-11,18,20H,5,8-9,12-16H2,1H3/t18-,20+/m0/s1. The van der Waals surface area contributed by atoms with Gasteiger partial charge in [-0.15, -0.1) is 0 Å². The summed E-state index contributed by atoms with van der Waals surface area (Å²) in [6.07, 6.45) is 8.57. The fourth-order valence-electron chi connectivity index (χ4n) is 4.14. The van der Waals surface area contributed by atoms with Gasteiger partial charge < -0.3 is 14.2 Å². The van der Waals surface area contributed by atoms with Crippen LogP contribution < -0.4 is 0 Å². The monoisotopic (exact) mass is 380 g/mol. The van der Waals surface area contributed by atoms with E-state index < -0.39 is 0 Å². The molecule has 2 aromatic rings. The summed E-state index contributed by atoms with van der Waals surface area (Å²) in [4.78, 5) is 15.3. The zero-order valence-electron chi connectivity index (χ0n) is 16.5. The van der Waals surface area contributed by atoms with Crippen molar-refractivity contribution in [3.05, 3.63) is 53.8 Å². The number of hydrogen-bond donors (Lipinski definition) is 0. The van der Waals surface area contributed by atoms with Crippen LogP contribution in [0.1, 0.15) is 37.0 Å². The highest BCUT2D eigenvalue weighted by atomic mass is 16.5. The molecule has 2 aliphatic rings. The lowest BCUT2D eigenvalue weighted by atomic mass is 9.93. The van der Waals surface area contributed by atoms with Gasteiger partial charge in [0.15, 0.2) is 0 Å². The molecule has 2 heterocycles. The van der Waals surface area contributed by atoms with Crippen LogP contribution in [0.4, 0.5) is 0 Å². The first-order chi connectivity index (χ1) is 13.7. The maximum absolute atomic E-state index is 13.3. The van der Waals surface area contributed by atoms with Gasteiger partial charge in [-0.05, 0) is 38.5 Å². The predicted molar refractivity (Wildman–Crippen MR) is 108 cm³/mol. The first kappa shape index (κ1) is 18.9. The molecule has 0 saturated carbocycles. The van der Waals surface area contributed by atoms with E-state index in [2.05, 4.69) is 17.3 Å². The number of carbonyl (C=O) groups excluding carboxylic acids is 1. The van der Waals surface area contributed by atoms with Crippen molar-refractivity contribution in [1.29, 1.82) is 0 Å². The van der Waals surface area contributed by atoms with Crippen molar-refractivity contribution in [3.8, 4) is 11.3 Å². The summed E-state index contributed by atoms with van der Waals surface area (Å²) in [5.74, 6) is 1.46. The number of aromatic nitrogens is 1. The van der Waals surface area contributed by atoms with E-state index >= 15 is 0 Å². The zero-order valence-corrected chi connectivity index (χ0v) is 16.5. The van der Waals surface area contributed by atoms with Gasteiger partial charge in [0.05, 0.1) is 19.1 Å². The van der Waals surface area contributed by atoms with Crippen molar-refractivity contribution >= 4 is 5.91 Å². The Morgan fingerprint density at radius 1 is 1.21 bits per heavy atom. The smallest absolute Gasteiger partial charge is 0.228 e. The molecule has 1 fully saturated rings. The lowest BCUT2D eigenvalue weighted by Crippen LogP contribution is -2.39. The molecule has 0 unspecified atom stereocenters. The molecule has 4 rings (SSSR count). The van der Waals surface area contributed by atoms with E-state index in [0.717, 1.165) is 54.8 Å². The van der Waals surface area contributed by atoms with Crippen molar-refractivity contribution in [2.75, 3.05) is 19.8 Å². The molecular weight excluding hydrogens is 352 g/mol. The molecule has 148 valence electrons. The Labute approximate surface area is 166 Å². The molecule has 1 aromatic carbocycles. The molecule has 0 N–H and O–H groups in total. The molecule has 5 nitrogen and oxygen atoms in total. The third kappa shape index (κ3) is 4.20. The first-order valence-corrected chi connectivity index (χ1v) is 10.2. The molecule has 1 aliphatic heterocycles. The maximum atomic E-state index is 13.3. The van der Waals surface area contributed by atoms with Crippen LogP contribution in [0.25, 0.3) is 11.3 Å². The van der Waals surface area contributed by atoms with E-state index in [-0.39, 0.29) is 11.8 Å². The second kappa shape index (κ2) is 8.74. The minimum absolute atomic E-state index is 0.0283. The van der Waals surface area contributed by atoms with E-state index in [1.165, 1.54) is 0 Å². The molecule has 0 radical (unpaired) electrons. The maximum Gasteiger partial charge on any atom is 0.228 e. The highest BCUT2D eigenvalue weighted by Crippen LogP contribution is 2.29. The van der Waals surface area contributed by atoms with Gasteiger partial charge in [0.2, 0.25) is 5.91 Å². The fraction of sp³-hybridized carbons (Fsp3) is 0.478. The minimum Gasteiger partial charge on any atom is -0.381 e. The fourth-order valence-corrected chi connectivity index (χ4v) is 4.14. The van der Waals surface area contributed by atoms with Crippen LogP contribution in [0.15, 0.2) is 47.0 Å². The van der Waals surface area contributed by atoms with Crippen molar-refractivity contribution in [2.45, 2.75) is 39.2 Å². The first-order valence-electron chi connectivity index (χ1n) is 10.2. The summed E-state index contributed by atoms with van der Waals surface area (Å²) in [7, 11) is 0. The number of benzene rings is 1. The van der Waals surface area contributed by atoms with Crippen LogP contribution in [0.5, 0.6) is 0 Å². The number of carbonyl (C=O) groups is 1. The van der Waals surface area contributed by atoms with Crippen molar-refractivity contribution in [1.82, 2.24) is 10.1 Å². The Balaban J connectivity index is 1.59. The number of nitrogens with zero attached hydrogens (tertiary/aromatic N) is 2. The van der Waals surface area contributed by atoms with Crippen LogP contribution in [0.3, 0.4) is 0 Å². The van der Waals surface area contributed by atoms with Gasteiger partial charge in [0.25, 0.3) is 0 Å². The molecule has 2 atom stereocenters. The molecular formula is C23H28N2O3. The van der Waals surface area contributed by atoms with Crippen LogP contribution >= 0.6 is 0 Å². The van der Waals surface area contributed by atoms with Gasteiger partial charge >= 0.3 is 0 Å². The van der Waals surface area contributed by atoms with E-state index in [4.69, 9.17) is 9.26 Å². The molecule has 1 saturated heterocycles. The zero-order chi connectivity index (χ0) is 19.3. The largest absolute Gasteiger partial charge is 0.381 e. The number of aryl methyl sites for hydroxylation is 1. The predicted octanol–water partition coefficient (Wildman–Crippen LogP) is 4.37. The Hall–Kier alpha value is -2.40. The van der Waals surface area contributed by atoms with E-state index in [0.29, 0.717) is 25.7 Å². The topological polar surface area (TPSA) is 55.6 Å². The molecule has 1 aromatic heterocycles. The molecule has 28 heavy (non-hydrogen) atoms. The number of allylic oxidation sites excluding steroid dienone is 2. The van der Waals surface area contributed by atoms with Crippen molar-refractivity contribution in [3.63, 3.8) is 0 Å². The Morgan fingerprint density at radius 2 is 2.07 bits per heavy atom. The Kier molecular flexibility index (Phi) is 5.91. The summed E-state index contributed by atoms with van der Waals surface area (Å²) in [5, 5.41) is 4.29. The van der Waals surface area contributed by atoms with Gasteiger partial charge in [-0.3, -0.25) is 4.79 Å². The van der Waals surface area contributed by atoms with E-state index in [9.17, 15) is 4.79 Å². The number of amides is 1. The summed E-state index contributed by atoms with van der Waals surface area (Å²) < 4.78 is 11.0. The third-order valence-corrected chi connectivity index (χ3v) is 5.83. The van der Waals surface area contributed by atoms with Crippen molar-refractivity contribution in [2.24, 2.45) is 11.8 Å². The second-order valence-corrected chi connectivity index (χ2v) is 7.86. The lowest BCUT2D eigenvalue weighted by molar-refractivity contribution is -0.136. The molecule has 1 aliphatic carbocycles. The summed E-state index contributed by atoms with van der Waals surface area (Å²) >= 11 is 0. The SMILES string of the molecule is Cc1onc(-c2ccccc2)c1CN(C[C@H]1CC=CCC1)C(=O)[C@@H]1CCOC1.